The van der Waals surface area contributed by atoms with Crippen LogP contribution in [0.25, 0.3) is 0 Å². The van der Waals surface area contributed by atoms with E-state index in [9.17, 15) is 4.79 Å². The van der Waals surface area contributed by atoms with E-state index >= 15 is 0 Å². The summed E-state index contributed by atoms with van der Waals surface area (Å²) in [5.74, 6) is -0.504. The molecule has 0 fully saturated rings. The number of hydrogen-bond donors (Lipinski definition) is 2. The Balaban J connectivity index is 3.84. The molecule has 0 rings (SSSR count). The van der Waals surface area contributed by atoms with E-state index in [0.717, 1.165) is 6.54 Å². The molecule has 0 aromatic carbocycles. The van der Waals surface area contributed by atoms with Crippen molar-refractivity contribution in [3.8, 4) is 6.07 Å². The molecule has 1 unspecified atom stereocenters. The fraction of sp³-hybridized carbons (Fsp3) is 0.750. The number of primary amides is 1. The maximum Gasteiger partial charge on any atom is 0.235 e. The van der Waals surface area contributed by atoms with Gasteiger partial charge in [-0.05, 0) is 6.54 Å². The van der Waals surface area contributed by atoms with Crippen molar-refractivity contribution >= 4 is 5.91 Å². The van der Waals surface area contributed by atoms with Crippen LogP contribution in [0.2, 0.25) is 0 Å². The molecule has 74 valence electrons. The van der Waals surface area contributed by atoms with E-state index < -0.39 is 11.9 Å². The highest BCUT2D eigenvalue weighted by Crippen LogP contribution is 1.92. The lowest BCUT2D eigenvalue weighted by molar-refractivity contribution is -0.119. The normalized spacial score (nSPS) is 12.5. The van der Waals surface area contributed by atoms with Crippen molar-refractivity contribution in [1.82, 2.24) is 4.90 Å². The summed E-state index contributed by atoms with van der Waals surface area (Å²) in [7, 11) is 0. The van der Waals surface area contributed by atoms with Crippen LogP contribution in [0.3, 0.4) is 0 Å². The second-order valence-corrected chi connectivity index (χ2v) is 2.81. The summed E-state index contributed by atoms with van der Waals surface area (Å²) in [6.07, 6.45) is 0.444. The van der Waals surface area contributed by atoms with E-state index in [2.05, 4.69) is 0 Å². The van der Waals surface area contributed by atoms with Crippen molar-refractivity contribution in [2.45, 2.75) is 19.4 Å². The van der Waals surface area contributed by atoms with Gasteiger partial charge in [-0.15, -0.1) is 0 Å². The SMILES string of the molecule is CCN(CCC#N)CC(N)C(N)=O. The minimum atomic E-state index is -0.640. The fourth-order valence-corrected chi connectivity index (χ4v) is 0.955. The second kappa shape index (κ2) is 6.40. The first-order chi connectivity index (χ1) is 6.11. The molecule has 0 aliphatic rings. The molecule has 0 radical (unpaired) electrons. The van der Waals surface area contributed by atoms with Crippen LogP contribution < -0.4 is 11.5 Å². The first-order valence-corrected chi connectivity index (χ1v) is 4.26. The molecule has 13 heavy (non-hydrogen) atoms. The molecule has 5 nitrogen and oxygen atoms in total. The van der Waals surface area contributed by atoms with Crippen molar-refractivity contribution in [3.63, 3.8) is 0 Å². The first kappa shape index (κ1) is 11.9. The molecule has 0 spiro atoms. The molecule has 5 heteroatoms. The van der Waals surface area contributed by atoms with Gasteiger partial charge in [-0.1, -0.05) is 6.92 Å². The predicted molar refractivity (Wildman–Crippen MR) is 49.5 cm³/mol. The smallest absolute Gasteiger partial charge is 0.235 e. The molecule has 0 bridgehead atoms. The summed E-state index contributed by atoms with van der Waals surface area (Å²) in [5.41, 5.74) is 10.5. The van der Waals surface area contributed by atoms with Crippen molar-refractivity contribution in [3.05, 3.63) is 0 Å². The topological polar surface area (TPSA) is 96.1 Å². The Bertz CT molecular complexity index is 199. The fourth-order valence-electron chi connectivity index (χ4n) is 0.955. The van der Waals surface area contributed by atoms with E-state index in [4.69, 9.17) is 16.7 Å². The molecule has 4 N–H and O–H groups in total. The van der Waals surface area contributed by atoms with Gasteiger partial charge in [0.2, 0.25) is 5.91 Å². The lowest BCUT2D eigenvalue weighted by Crippen LogP contribution is -2.46. The van der Waals surface area contributed by atoms with Gasteiger partial charge in [0, 0.05) is 19.5 Å². The molecule has 1 amide bonds. The van der Waals surface area contributed by atoms with Crippen molar-refractivity contribution in [2.75, 3.05) is 19.6 Å². The first-order valence-electron chi connectivity index (χ1n) is 4.26. The minimum absolute atomic E-state index is 0.424. The number of rotatable bonds is 6. The van der Waals surface area contributed by atoms with Gasteiger partial charge in [0.25, 0.3) is 0 Å². The predicted octanol–water partition coefficient (Wildman–Crippen LogP) is -0.965. The van der Waals surface area contributed by atoms with Crippen LogP contribution >= 0.6 is 0 Å². The van der Waals surface area contributed by atoms with Crippen LogP contribution in [-0.4, -0.2) is 36.5 Å². The van der Waals surface area contributed by atoms with Gasteiger partial charge >= 0.3 is 0 Å². The highest BCUT2D eigenvalue weighted by molar-refractivity contribution is 5.79. The Morgan fingerprint density at radius 2 is 2.31 bits per heavy atom. The molecule has 0 aliphatic carbocycles. The molecule has 0 aromatic rings. The Kier molecular flexibility index (Phi) is 5.85. The molecule has 1 atom stereocenters. The highest BCUT2D eigenvalue weighted by Gasteiger charge is 2.12. The Hall–Kier alpha value is -1.12. The Morgan fingerprint density at radius 1 is 1.69 bits per heavy atom. The van der Waals surface area contributed by atoms with Crippen LogP contribution in [0.4, 0.5) is 0 Å². The summed E-state index contributed by atoms with van der Waals surface area (Å²) in [5, 5.41) is 8.35. The zero-order valence-corrected chi connectivity index (χ0v) is 7.86. The van der Waals surface area contributed by atoms with E-state index in [1.165, 1.54) is 0 Å². The van der Waals surface area contributed by atoms with Crippen LogP contribution in [0, 0.1) is 11.3 Å². The molecular weight excluding hydrogens is 168 g/mol. The number of nitrogens with zero attached hydrogens (tertiary/aromatic N) is 2. The maximum absolute atomic E-state index is 10.6. The lowest BCUT2D eigenvalue weighted by atomic mass is 10.2. The average Bonchev–Trinajstić information content (AvgIpc) is 2.11. The van der Waals surface area contributed by atoms with E-state index in [-0.39, 0.29) is 0 Å². The summed E-state index contributed by atoms with van der Waals surface area (Å²) in [6, 6.07) is 1.40. The third-order valence-corrected chi connectivity index (χ3v) is 1.81. The molecule has 0 aromatic heterocycles. The third-order valence-electron chi connectivity index (χ3n) is 1.81. The number of carbonyl (C=O) groups is 1. The number of carbonyl (C=O) groups excluding carboxylic acids is 1. The Morgan fingerprint density at radius 3 is 2.69 bits per heavy atom. The van der Waals surface area contributed by atoms with Gasteiger partial charge in [-0.2, -0.15) is 5.26 Å². The summed E-state index contributed by atoms with van der Waals surface area (Å²) < 4.78 is 0. The zero-order valence-electron chi connectivity index (χ0n) is 7.86. The van der Waals surface area contributed by atoms with Gasteiger partial charge in [0.15, 0.2) is 0 Å². The Labute approximate surface area is 78.3 Å². The third kappa shape index (κ3) is 5.17. The quantitative estimate of drug-likeness (QED) is 0.555. The van der Waals surface area contributed by atoms with Crippen LogP contribution in [0.15, 0.2) is 0 Å². The number of amides is 1. The number of likely N-dealkylation sites (N-methyl/N-ethyl adjacent to an activating group) is 1. The van der Waals surface area contributed by atoms with E-state index in [1.807, 2.05) is 17.9 Å². The van der Waals surface area contributed by atoms with Gasteiger partial charge in [-0.3, -0.25) is 4.79 Å². The van der Waals surface area contributed by atoms with Crippen LogP contribution in [0.1, 0.15) is 13.3 Å². The van der Waals surface area contributed by atoms with Crippen LogP contribution in [0.5, 0.6) is 0 Å². The van der Waals surface area contributed by atoms with Gasteiger partial charge in [0.05, 0.1) is 12.1 Å². The molecule has 0 aliphatic heterocycles. The summed E-state index contributed by atoms with van der Waals surface area (Å²) in [4.78, 5) is 12.6. The number of nitrogens with two attached hydrogens (primary N) is 2. The lowest BCUT2D eigenvalue weighted by Gasteiger charge is -2.21. The summed E-state index contributed by atoms with van der Waals surface area (Å²) in [6.45, 7) is 3.77. The van der Waals surface area contributed by atoms with E-state index in [1.54, 1.807) is 0 Å². The number of nitriles is 1. The minimum Gasteiger partial charge on any atom is -0.368 e. The van der Waals surface area contributed by atoms with Crippen molar-refractivity contribution in [1.29, 1.82) is 5.26 Å². The number of hydrogen-bond acceptors (Lipinski definition) is 4. The monoisotopic (exact) mass is 184 g/mol. The highest BCUT2D eigenvalue weighted by atomic mass is 16.1. The van der Waals surface area contributed by atoms with Crippen molar-refractivity contribution < 1.29 is 4.79 Å². The summed E-state index contributed by atoms with van der Waals surface area (Å²) >= 11 is 0. The zero-order chi connectivity index (χ0) is 10.3. The van der Waals surface area contributed by atoms with Crippen LogP contribution in [-0.2, 0) is 4.79 Å². The molecule has 0 saturated carbocycles. The van der Waals surface area contributed by atoms with Gasteiger partial charge in [-0.25, -0.2) is 0 Å². The van der Waals surface area contributed by atoms with E-state index in [0.29, 0.717) is 19.5 Å². The largest absolute Gasteiger partial charge is 0.368 e. The van der Waals surface area contributed by atoms with Gasteiger partial charge in [0.1, 0.15) is 0 Å². The standard InChI is InChI=1S/C8H16N4O/c1-2-12(5-3-4-9)6-7(10)8(11)13/h7H,2-3,5-6,10H2,1H3,(H2,11,13). The second-order valence-electron chi connectivity index (χ2n) is 2.81. The average molecular weight is 184 g/mol. The van der Waals surface area contributed by atoms with Crippen molar-refractivity contribution in [2.24, 2.45) is 11.5 Å². The molecular formula is C8H16N4O. The molecule has 0 saturated heterocycles. The maximum atomic E-state index is 10.6. The molecule has 0 heterocycles. The van der Waals surface area contributed by atoms with Gasteiger partial charge < -0.3 is 16.4 Å².